The van der Waals surface area contributed by atoms with E-state index in [1.807, 2.05) is 0 Å². The molecule has 0 radical (unpaired) electrons. The number of hydrogen-bond donors (Lipinski definition) is 0. The first-order valence-electron chi connectivity index (χ1n) is 9.41. The molecule has 0 saturated carbocycles. The van der Waals surface area contributed by atoms with Crippen LogP contribution in [-0.2, 0) is 13.0 Å². The summed E-state index contributed by atoms with van der Waals surface area (Å²) in [7, 11) is 0. The maximum Gasteiger partial charge on any atom is 0.0540 e. The van der Waals surface area contributed by atoms with Crippen LogP contribution in [0.5, 0.6) is 0 Å². The Morgan fingerprint density at radius 1 is 0.769 bits per heavy atom. The summed E-state index contributed by atoms with van der Waals surface area (Å²) in [5.74, 6) is 0. The van der Waals surface area contributed by atoms with E-state index >= 15 is 0 Å². The molecular formula is C25H19N. The van der Waals surface area contributed by atoms with Gasteiger partial charge in [-0.15, -0.1) is 0 Å². The second kappa shape index (κ2) is 4.98. The molecule has 1 heteroatoms. The predicted octanol–water partition coefficient (Wildman–Crippen LogP) is 6.54. The second-order valence-electron chi connectivity index (χ2n) is 7.22. The van der Waals surface area contributed by atoms with Crippen LogP contribution in [0.2, 0.25) is 0 Å². The Balaban J connectivity index is 1.96. The molecule has 1 aliphatic rings. The summed E-state index contributed by atoms with van der Waals surface area (Å²) in [6.07, 6.45) is 1.03. The van der Waals surface area contributed by atoms with Gasteiger partial charge in [-0.2, -0.15) is 0 Å². The van der Waals surface area contributed by atoms with Crippen LogP contribution in [0, 0.1) is 0 Å². The van der Waals surface area contributed by atoms with Crippen molar-refractivity contribution in [3.05, 3.63) is 83.9 Å². The third kappa shape index (κ3) is 1.61. The van der Waals surface area contributed by atoms with Crippen molar-refractivity contribution in [2.24, 2.45) is 0 Å². The maximum atomic E-state index is 2.52. The lowest BCUT2D eigenvalue weighted by molar-refractivity contribution is 0.824. The van der Waals surface area contributed by atoms with Gasteiger partial charge in [0.1, 0.15) is 0 Å². The van der Waals surface area contributed by atoms with Crippen LogP contribution < -0.4 is 0 Å². The molecule has 0 fully saturated rings. The van der Waals surface area contributed by atoms with E-state index in [1.54, 1.807) is 0 Å². The van der Waals surface area contributed by atoms with Crippen molar-refractivity contribution < 1.29 is 0 Å². The first kappa shape index (κ1) is 14.1. The van der Waals surface area contributed by atoms with Gasteiger partial charge in [-0.05, 0) is 46.0 Å². The minimum Gasteiger partial charge on any atom is -0.340 e. The van der Waals surface area contributed by atoms with Crippen LogP contribution in [0.3, 0.4) is 0 Å². The van der Waals surface area contributed by atoms with Crippen LogP contribution in [0.25, 0.3) is 43.7 Å². The van der Waals surface area contributed by atoms with E-state index in [0.717, 1.165) is 13.0 Å². The number of fused-ring (bicyclic) bond motifs is 10. The number of rotatable bonds is 1. The molecule has 0 bridgehead atoms. The first-order valence-corrected chi connectivity index (χ1v) is 9.41. The summed E-state index contributed by atoms with van der Waals surface area (Å²) in [6.45, 7) is 3.25. The summed E-state index contributed by atoms with van der Waals surface area (Å²) in [6, 6.07) is 26.7. The van der Waals surface area contributed by atoms with Crippen molar-refractivity contribution in [3.8, 4) is 11.1 Å². The predicted molar refractivity (Wildman–Crippen MR) is 111 cm³/mol. The monoisotopic (exact) mass is 333 g/mol. The van der Waals surface area contributed by atoms with Crippen molar-refractivity contribution in [2.45, 2.75) is 19.9 Å². The molecule has 1 heterocycles. The van der Waals surface area contributed by atoms with Crippen LogP contribution >= 0.6 is 0 Å². The van der Waals surface area contributed by atoms with Crippen molar-refractivity contribution in [1.29, 1.82) is 0 Å². The maximum absolute atomic E-state index is 2.52. The van der Waals surface area contributed by atoms with E-state index in [2.05, 4.69) is 84.3 Å². The Labute approximate surface area is 152 Å². The molecule has 0 amide bonds. The van der Waals surface area contributed by atoms with Gasteiger partial charge in [0, 0.05) is 29.3 Å². The highest BCUT2D eigenvalue weighted by Crippen LogP contribution is 2.48. The molecular weight excluding hydrogens is 314 g/mol. The number of hydrogen-bond acceptors (Lipinski definition) is 0. The van der Waals surface area contributed by atoms with Gasteiger partial charge in [0.2, 0.25) is 0 Å². The van der Waals surface area contributed by atoms with Gasteiger partial charge in [-0.25, -0.2) is 0 Å². The van der Waals surface area contributed by atoms with Gasteiger partial charge >= 0.3 is 0 Å². The van der Waals surface area contributed by atoms with Gasteiger partial charge in [-0.3, -0.25) is 0 Å². The molecule has 0 unspecified atom stereocenters. The zero-order chi connectivity index (χ0) is 17.3. The Hall–Kier alpha value is -3.06. The van der Waals surface area contributed by atoms with Crippen molar-refractivity contribution in [2.75, 3.05) is 0 Å². The molecule has 0 atom stereocenters. The first-order chi connectivity index (χ1) is 12.9. The summed E-state index contributed by atoms with van der Waals surface area (Å²) in [5.41, 5.74) is 8.58. The van der Waals surface area contributed by atoms with Gasteiger partial charge in [0.25, 0.3) is 0 Å². The zero-order valence-corrected chi connectivity index (χ0v) is 14.8. The third-order valence-electron chi connectivity index (χ3n) is 5.99. The largest absolute Gasteiger partial charge is 0.340 e. The van der Waals surface area contributed by atoms with Crippen LogP contribution in [-0.4, -0.2) is 4.57 Å². The number of aryl methyl sites for hydroxylation is 1. The fourth-order valence-corrected chi connectivity index (χ4v) is 5.01. The molecule has 0 spiro atoms. The fraction of sp³-hybridized carbons (Fsp3) is 0.120. The van der Waals surface area contributed by atoms with E-state index in [4.69, 9.17) is 0 Å². The van der Waals surface area contributed by atoms with E-state index in [1.165, 1.54) is 54.8 Å². The van der Waals surface area contributed by atoms with Gasteiger partial charge in [-0.1, -0.05) is 66.7 Å². The molecule has 0 saturated heterocycles. The third-order valence-corrected chi connectivity index (χ3v) is 5.99. The van der Waals surface area contributed by atoms with Crippen molar-refractivity contribution in [3.63, 3.8) is 0 Å². The van der Waals surface area contributed by atoms with E-state index < -0.39 is 0 Å². The Kier molecular flexibility index (Phi) is 2.71. The van der Waals surface area contributed by atoms with E-state index in [9.17, 15) is 0 Å². The number of para-hydroxylation sites is 1. The van der Waals surface area contributed by atoms with Gasteiger partial charge in [0.15, 0.2) is 0 Å². The average molecular weight is 333 g/mol. The summed E-state index contributed by atoms with van der Waals surface area (Å²) < 4.78 is 2.52. The molecule has 0 aliphatic heterocycles. The quantitative estimate of drug-likeness (QED) is 0.322. The molecule has 1 aromatic heterocycles. The summed E-state index contributed by atoms with van der Waals surface area (Å²) >= 11 is 0. The Bertz CT molecular complexity index is 1340. The molecule has 0 N–H and O–H groups in total. The highest BCUT2D eigenvalue weighted by Gasteiger charge is 2.26. The fourth-order valence-electron chi connectivity index (χ4n) is 5.01. The highest BCUT2D eigenvalue weighted by atomic mass is 15.0. The number of aromatic nitrogens is 1. The number of benzene rings is 4. The zero-order valence-electron chi connectivity index (χ0n) is 14.8. The molecule has 5 aromatic rings. The SMILES string of the molecule is CCn1c2ccccc2c2c3ccccc3c3c(c21)Cc1ccccc1-3. The van der Waals surface area contributed by atoms with Gasteiger partial charge < -0.3 is 4.57 Å². The molecule has 1 aliphatic carbocycles. The smallest absolute Gasteiger partial charge is 0.0540 e. The lowest BCUT2D eigenvalue weighted by Gasteiger charge is -2.12. The highest BCUT2D eigenvalue weighted by molar-refractivity contribution is 6.25. The lowest BCUT2D eigenvalue weighted by Crippen LogP contribution is -1.97. The van der Waals surface area contributed by atoms with E-state index in [0.29, 0.717) is 0 Å². The molecule has 1 nitrogen and oxygen atoms in total. The molecule has 4 aromatic carbocycles. The Morgan fingerprint density at radius 2 is 1.46 bits per heavy atom. The van der Waals surface area contributed by atoms with E-state index in [-0.39, 0.29) is 0 Å². The molecule has 26 heavy (non-hydrogen) atoms. The van der Waals surface area contributed by atoms with Crippen LogP contribution in [0.15, 0.2) is 72.8 Å². The minimum absolute atomic E-state index is 0.991. The van der Waals surface area contributed by atoms with Gasteiger partial charge in [0.05, 0.1) is 5.52 Å². The number of nitrogens with zero attached hydrogens (tertiary/aromatic N) is 1. The van der Waals surface area contributed by atoms with Crippen LogP contribution in [0.1, 0.15) is 18.1 Å². The molecule has 6 rings (SSSR count). The summed E-state index contributed by atoms with van der Waals surface area (Å²) in [5, 5.41) is 5.56. The standard InChI is InChI=1S/C25H19N/c1-2-26-22-14-8-7-13-20(22)24-19-12-6-5-11-18(19)23-17-10-4-3-9-16(17)15-21(23)25(24)26/h3-14H,2,15H2,1H3. The summed E-state index contributed by atoms with van der Waals surface area (Å²) in [4.78, 5) is 0. The minimum atomic E-state index is 0.991. The second-order valence-corrected chi connectivity index (χ2v) is 7.22. The molecule has 124 valence electrons. The normalized spacial score (nSPS) is 12.8. The van der Waals surface area contributed by atoms with Crippen LogP contribution in [0.4, 0.5) is 0 Å². The topological polar surface area (TPSA) is 4.93 Å². The lowest BCUT2D eigenvalue weighted by atomic mass is 9.94. The van der Waals surface area contributed by atoms with Crippen molar-refractivity contribution in [1.82, 2.24) is 4.57 Å². The van der Waals surface area contributed by atoms with Crippen molar-refractivity contribution >= 4 is 32.6 Å². The Morgan fingerprint density at radius 3 is 2.31 bits per heavy atom. The average Bonchev–Trinajstić information content (AvgIpc) is 3.24.